The predicted molar refractivity (Wildman–Crippen MR) is 71.9 cm³/mol. The van der Waals surface area contributed by atoms with Gasteiger partial charge in [0.05, 0.1) is 18.5 Å². The van der Waals surface area contributed by atoms with Crippen molar-refractivity contribution in [3.05, 3.63) is 11.9 Å². The number of piperazine rings is 1. The van der Waals surface area contributed by atoms with Crippen LogP contribution in [0.5, 0.6) is 0 Å². The van der Waals surface area contributed by atoms with Crippen LogP contribution in [0.1, 0.15) is 5.69 Å². The third-order valence-electron chi connectivity index (χ3n) is 3.22. The largest absolute Gasteiger partial charge is 0.383 e. The molecule has 0 bridgehead atoms. The minimum Gasteiger partial charge on any atom is -0.383 e. The highest BCUT2D eigenvalue weighted by Crippen LogP contribution is 2.11. The molecule has 0 spiro atoms. The van der Waals surface area contributed by atoms with Crippen LogP contribution in [0.3, 0.4) is 0 Å². The number of hydrogen-bond donors (Lipinski definition) is 2. The zero-order valence-corrected chi connectivity index (χ0v) is 11.3. The number of rotatable bonds is 6. The maximum absolute atomic E-state index is 4.99. The molecule has 1 fully saturated rings. The molecule has 2 rings (SSSR count). The van der Waals surface area contributed by atoms with Gasteiger partial charge in [0.15, 0.2) is 0 Å². The van der Waals surface area contributed by atoms with Gasteiger partial charge < -0.3 is 24.8 Å². The minimum absolute atomic E-state index is 0.736. The summed E-state index contributed by atoms with van der Waals surface area (Å²) >= 11 is 0. The summed E-state index contributed by atoms with van der Waals surface area (Å²) in [4.78, 5) is 12.5. The molecule has 0 aromatic carbocycles. The number of imidazole rings is 1. The van der Waals surface area contributed by atoms with Crippen molar-refractivity contribution in [3.63, 3.8) is 0 Å². The molecule has 0 unspecified atom stereocenters. The molecule has 0 saturated carbocycles. The Kier molecular flexibility index (Phi) is 4.98. The van der Waals surface area contributed by atoms with E-state index < -0.39 is 0 Å². The van der Waals surface area contributed by atoms with Gasteiger partial charge in [0.25, 0.3) is 0 Å². The van der Waals surface area contributed by atoms with E-state index in [4.69, 9.17) is 4.74 Å². The fraction of sp³-hybridized carbons (Fsp3) is 0.750. The summed E-state index contributed by atoms with van der Waals surface area (Å²) in [7, 11) is 3.87. The van der Waals surface area contributed by atoms with Gasteiger partial charge >= 0.3 is 0 Å². The average Bonchev–Trinajstić information content (AvgIpc) is 2.84. The van der Waals surface area contributed by atoms with Gasteiger partial charge in [-0.1, -0.05) is 0 Å². The van der Waals surface area contributed by atoms with Gasteiger partial charge in [0, 0.05) is 46.4 Å². The molecule has 2 N–H and O–H groups in total. The number of nitrogens with one attached hydrogen (secondary N) is 2. The summed E-state index contributed by atoms with van der Waals surface area (Å²) in [6, 6.07) is 0. The van der Waals surface area contributed by atoms with Crippen molar-refractivity contribution >= 4 is 5.95 Å². The first-order valence-corrected chi connectivity index (χ1v) is 6.46. The summed E-state index contributed by atoms with van der Waals surface area (Å²) in [5.74, 6) is 0.992. The van der Waals surface area contributed by atoms with Gasteiger partial charge in [-0.3, -0.25) is 0 Å². The summed E-state index contributed by atoms with van der Waals surface area (Å²) in [5, 5.41) is 3.30. The zero-order chi connectivity index (χ0) is 12.8. The number of nitrogens with zero attached hydrogens (tertiary/aromatic N) is 3. The lowest BCUT2D eigenvalue weighted by atomic mass is 10.3. The first-order valence-electron chi connectivity index (χ1n) is 6.46. The summed E-state index contributed by atoms with van der Waals surface area (Å²) in [5.41, 5.74) is 1.13. The van der Waals surface area contributed by atoms with E-state index >= 15 is 0 Å². The lowest BCUT2D eigenvalue weighted by molar-refractivity contribution is 0.199. The first-order chi connectivity index (χ1) is 8.79. The number of anilines is 1. The van der Waals surface area contributed by atoms with E-state index in [1.54, 1.807) is 7.11 Å². The van der Waals surface area contributed by atoms with Crippen molar-refractivity contribution in [2.75, 3.05) is 58.4 Å². The molecular weight excluding hydrogens is 230 g/mol. The molecule has 1 saturated heterocycles. The zero-order valence-electron chi connectivity index (χ0n) is 11.3. The number of H-pyrrole nitrogens is 1. The van der Waals surface area contributed by atoms with Gasteiger partial charge in [-0.2, -0.15) is 0 Å². The van der Waals surface area contributed by atoms with Crippen LogP contribution in [-0.4, -0.2) is 68.4 Å². The quantitative estimate of drug-likeness (QED) is 0.693. The summed E-state index contributed by atoms with van der Waals surface area (Å²) in [6.07, 6.45) is 1.91. The molecule has 6 nitrogen and oxygen atoms in total. The molecule has 0 radical (unpaired) electrons. The van der Waals surface area contributed by atoms with E-state index in [9.17, 15) is 0 Å². The molecule has 1 aliphatic heterocycles. The number of aromatic nitrogens is 2. The van der Waals surface area contributed by atoms with E-state index in [2.05, 4.69) is 32.1 Å². The van der Waals surface area contributed by atoms with E-state index in [1.165, 1.54) is 0 Å². The van der Waals surface area contributed by atoms with E-state index in [0.29, 0.717) is 0 Å². The SMILES string of the molecule is COCCNCc1cnc(N2CCN(C)CC2)[nH]1. The molecule has 0 atom stereocenters. The van der Waals surface area contributed by atoms with Crippen LogP contribution in [0, 0.1) is 0 Å². The van der Waals surface area contributed by atoms with Crippen molar-refractivity contribution in [1.29, 1.82) is 0 Å². The van der Waals surface area contributed by atoms with Crippen LogP contribution in [0.25, 0.3) is 0 Å². The number of methoxy groups -OCH3 is 1. The van der Waals surface area contributed by atoms with Gasteiger partial charge in [0.2, 0.25) is 5.95 Å². The highest BCUT2D eigenvalue weighted by molar-refractivity contribution is 5.32. The standard InChI is InChI=1S/C12H23N5O/c1-16-4-6-17(7-5-16)12-14-10-11(15-12)9-13-3-8-18-2/h10,13H,3-9H2,1-2H3,(H,14,15). The fourth-order valence-electron chi connectivity index (χ4n) is 2.01. The van der Waals surface area contributed by atoms with Gasteiger partial charge in [-0.25, -0.2) is 4.98 Å². The Hall–Kier alpha value is -1.11. The Morgan fingerprint density at radius 1 is 1.39 bits per heavy atom. The van der Waals surface area contributed by atoms with Crippen molar-refractivity contribution in [1.82, 2.24) is 20.2 Å². The second-order valence-electron chi connectivity index (χ2n) is 4.69. The first kappa shape index (κ1) is 13.3. The predicted octanol–water partition coefficient (Wildman–Crippen LogP) is -0.102. The van der Waals surface area contributed by atoms with Crippen LogP contribution in [0.2, 0.25) is 0 Å². The van der Waals surface area contributed by atoms with Crippen LogP contribution in [-0.2, 0) is 11.3 Å². The molecular formula is C12H23N5O. The van der Waals surface area contributed by atoms with Crippen molar-refractivity contribution in [2.45, 2.75) is 6.54 Å². The molecule has 1 aromatic rings. The van der Waals surface area contributed by atoms with E-state index in [-0.39, 0.29) is 0 Å². The number of aromatic amines is 1. The van der Waals surface area contributed by atoms with Gasteiger partial charge in [-0.15, -0.1) is 0 Å². The van der Waals surface area contributed by atoms with Crippen LogP contribution in [0.4, 0.5) is 5.95 Å². The topological polar surface area (TPSA) is 56.4 Å². The minimum atomic E-state index is 0.736. The van der Waals surface area contributed by atoms with Crippen molar-refractivity contribution in [2.24, 2.45) is 0 Å². The van der Waals surface area contributed by atoms with Crippen LogP contribution in [0.15, 0.2) is 6.20 Å². The average molecular weight is 253 g/mol. The summed E-state index contributed by atoms with van der Waals surface area (Å²) < 4.78 is 4.99. The summed E-state index contributed by atoms with van der Waals surface area (Å²) in [6.45, 7) is 6.69. The monoisotopic (exact) mass is 253 g/mol. The molecule has 0 amide bonds. The third-order valence-corrected chi connectivity index (χ3v) is 3.22. The molecule has 102 valence electrons. The highest BCUT2D eigenvalue weighted by atomic mass is 16.5. The number of ether oxygens (including phenoxy) is 1. The maximum atomic E-state index is 4.99. The Balaban J connectivity index is 1.78. The van der Waals surface area contributed by atoms with Crippen molar-refractivity contribution in [3.8, 4) is 0 Å². The molecule has 6 heteroatoms. The van der Waals surface area contributed by atoms with E-state index in [0.717, 1.165) is 57.5 Å². The van der Waals surface area contributed by atoms with E-state index in [1.807, 2.05) is 6.20 Å². The molecule has 2 heterocycles. The van der Waals surface area contributed by atoms with Gasteiger partial charge in [0.1, 0.15) is 0 Å². The Bertz CT molecular complexity index is 346. The maximum Gasteiger partial charge on any atom is 0.203 e. The smallest absolute Gasteiger partial charge is 0.203 e. The second-order valence-corrected chi connectivity index (χ2v) is 4.69. The molecule has 1 aromatic heterocycles. The van der Waals surface area contributed by atoms with Crippen LogP contribution < -0.4 is 10.2 Å². The number of likely N-dealkylation sites (N-methyl/N-ethyl adjacent to an activating group) is 1. The Morgan fingerprint density at radius 2 is 2.17 bits per heavy atom. The van der Waals surface area contributed by atoms with Gasteiger partial charge in [-0.05, 0) is 7.05 Å². The molecule has 1 aliphatic rings. The lowest BCUT2D eigenvalue weighted by Crippen LogP contribution is -2.44. The van der Waals surface area contributed by atoms with Crippen molar-refractivity contribution < 1.29 is 4.74 Å². The fourth-order valence-corrected chi connectivity index (χ4v) is 2.01. The highest BCUT2D eigenvalue weighted by Gasteiger charge is 2.16. The third kappa shape index (κ3) is 3.69. The van der Waals surface area contributed by atoms with Crippen LogP contribution >= 0.6 is 0 Å². The number of hydrogen-bond acceptors (Lipinski definition) is 5. The molecule has 0 aliphatic carbocycles. The lowest BCUT2D eigenvalue weighted by Gasteiger charge is -2.32. The molecule has 18 heavy (non-hydrogen) atoms. The second kappa shape index (κ2) is 6.72. The Labute approximate surface area is 108 Å². The Morgan fingerprint density at radius 3 is 2.89 bits per heavy atom. The normalized spacial score (nSPS) is 17.3.